The molecule has 0 spiro atoms. The largest absolute Gasteiger partial charge is 0.395 e. The highest BCUT2D eigenvalue weighted by atomic mass is 16.3. The van der Waals surface area contributed by atoms with Gasteiger partial charge in [0.2, 0.25) is 5.91 Å². The normalized spacial score (nSPS) is 24.0. The van der Waals surface area contributed by atoms with Gasteiger partial charge in [0, 0.05) is 51.9 Å². The first-order valence-corrected chi connectivity index (χ1v) is 8.64. The molecule has 2 rings (SSSR count). The van der Waals surface area contributed by atoms with Gasteiger partial charge in [-0.3, -0.25) is 14.6 Å². The summed E-state index contributed by atoms with van der Waals surface area (Å²) in [4.78, 5) is 19.5. The van der Waals surface area contributed by atoms with E-state index in [-0.39, 0.29) is 24.6 Å². The average Bonchev–Trinajstić information content (AvgIpc) is 2.50. The molecule has 2 saturated heterocycles. The quantitative estimate of drug-likeness (QED) is 0.721. The molecule has 1 amide bonds. The maximum absolute atomic E-state index is 12.9. The van der Waals surface area contributed by atoms with E-state index in [0.29, 0.717) is 5.92 Å². The Balaban J connectivity index is 1.93. The number of hydrogen-bond donors (Lipinski definition) is 2. The Bertz CT molecular complexity index is 348. The van der Waals surface area contributed by atoms with Gasteiger partial charge in [-0.1, -0.05) is 13.8 Å². The lowest BCUT2D eigenvalue weighted by Gasteiger charge is -2.42. The van der Waals surface area contributed by atoms with Crippen molar-refractivity contribution in [2.75, 3.05) is 52.4 Å². The molecule has 2 fully saturated rings. The van der Waals surface area contributed by atoms with Gasteiger partial charge >= 0.3 is 0 Å². The van der Waals surface area contributed by atoms with Crippen LogP contribution in [0.2, 0.25) is 0 Å². The SMILES string of the molecule is CC(C)C(C(=O)N1CCC(N)CC1)N1CCN(CCO)CC1. The van der Waals surface area contributed by atoms with Gasteiger partial charge in [0.15, 0.2) is 0 Å². The first-order valence-electron chi connectivity index (χ1n) is 8.64. The third kappa shape index (κ3) is 4.41. The lowest BCUT2D eigenvalue weighted by molar-refractivity contribution is -0.140. The molecule has 6 heteroatoms. The van der Waals surface area contributed by atoms with Gasteiger partial charge in [-0.05, 0) is 18.8 Å². The summed E-state index contributed by atoms with van der Waals surface area (Å²) in [6.07, 6.45) is 1.83. The summed E-state index contributed by atoms with van der Waals surface area (Å²) in [7, 11) is 0. The van der Waals surface area contributed by atoms with Crippen LogP contribution in [0.1, 0.15) is 26.7 Å². The van der Waals surface area contributed by atoms with Gasteiger partial charge in [-0.2, -0.15) is 0 Å². The minimum atomic E-state index is -0.0226. The lowest BCUT2D eigenvalue weighted by atomic mass is 9.98. The number of aliphatic hydroxyl groups excluding tert-OH is 1. The fourth-order valence-corrected chi connectivity index (χ4v) is 3.58. The van der Waals surface area contributed by atoms with E-state index >= 15 is 0 Å². The van der Waals surface area contributed by atoms with Crippen molar-refractivity contribution in [1.82, 2.24) is 14.7 Å². The minimum absolute atomic E-state index is 0.0226. The molecule has 2 aliphatic heterocycles. The number of rotatable bonds is 5. The van der Waals surface area contributed by atoms with Crippen molar-refractivity contribution >= 4 is 5.91 Å². The lowest BCUT2D eigenvalue weighted by Crippen LogP contribution is -2.58. The molecule has 6 nitrogen and oxygen atoms in total. The molecule has 1 unspecified atom stereocenters. The number of likely N-dealkylation sites (tertiary alicyclic amines) is 1. The number of aliphatic hydroxyl groups is 1. The molecular weight excluding hydrogens is 280 g/mol. The van der Waals surface area contributed by atoms with Crippen molar-refractivity contribution in [3.63, 3.8) is 0 Å². The van der Waals surface area contributed by atoms with Crippen LogP contribution in [0, 0.1) is 5.92 Å². The van der Waals surface area contributed by atoms with Crippen LogP contribution in [0.3, 0.4) is 0 Å². The van der Waals surface area contributed by atoms with Crippen LogP contribution in [0.15, 0.2) is 0 Å². The molecule has 3 N–H and O–H groups in total. The van der Waals surface area contributed by atoms with Gasteiger partial charge in [0.05, 0.1) is 12.6 Å². The summed E-state index contributed by atoms with van der Waals surface area (Å²) in [6, 6.07) is 0.231. The number of carbonyl (C=O) groups excluding carboxylic acids is 1. The number of hydrogen-bond acceptors (Lipinski definition) is 5. The summed E-state index contributed by atoms with van der Waals surface area (Å²) in [6.45, 7) is 10.5. The second kappa shape index (κ2) is 8.24. The fourth-order valence-electron chi connectivity index (χ4n) is 3.58. The molecule has 0 aromatic carbocycles. The molecule has 0 aromatic rings. The second-order valence-corrected chi connectivity index (χ2v) is 6.95. The number of carbonyl (C=O) groups is 1. The minimum Gasteiger partial charge on any atom is -0.395 e. The van der Waals surface area contributed by atoms with Crippen LogP contribution in [-0.2, 0) is 4.79 Å². The zero-order valence-electron chi connectivity index (χ0n) is 14.1. The molecule has 22 heavy (non-hydrogen) atoms. The standard InChI is InChI=1S/C16H32N4O2/c1-13(2)15(16(22)20-5-3-14(17)4-6-20)19-9-7-18(8-10-19)11-12-21/h13-15,21H,3-12,17H2,1-2H3. The van der Waals surface area contributed by atoms with Crippen LogP contribution >= 0.6 is 0 Å². The smallest absolute Gasteiger partial charge is 0.240 e. The number of β-amino-alcohol motifs (C(OH)–C–C–N with tert-alkyl or cyclic N) is 1. The average molecular weight is 312 g/mol. The van der Waals surface area contributed by atoms with Crippen LogP contribution in [0.5, 0.6) is 0 Å². The van der Waals surface area contributed by atoms with E-state index < -0.39 is 0 Å². The predicted octanol–water partition coefficient (Wildman–Crippen LogP) is -0.429. The monoisotopic (exact) mass is 312 g/mol. The predicted molar refractivity (Wildman–Crippen MR) is 87.5 cm³/mol. The number of piperidine rings is 1. The Morgan fingerprint density at radius 1 is 1.14 bits per heavy atom. The summed E-state index contributed by atoms with van der Waals surface area (Å²) < 4.78 is 0. The zero-order chi connectivity index (χ0) is 16.1. The molecule has 128 valence electrons. The molecular formula is C16H32N4O2. The first kappa shape index (κ1) is 17.7. The zero-order valence-corrected chi connectivity index (χ0v) is 14.1. The number of piperazine rings is 1. The van der Waals surface area contributed by atoms with Crippen molar-refractivity contribution in [2.24, 2.45) is 11.7 Å². The number of nitrogens with zero attached hydrogens (tertiary/aromatic N) is 3. The van der Waals surface area contributed by atoms with Crippen LogP contribution in [0.4, 0.5) is 0 Å². The van der Waals surface area contributed by atoms with Crippen molar-refractivity contribution in [1.29, 1.82) is 0 Å². The highest BCUT2D eigenvalue weighted by Crippen LogP contribution is 2.19. The number of nitrogens with two attached hydrogens (primary N) is 1. The van der Waals surface area contributed by atoms with E-state index in [1.165, 1.54) is 0 Å². The molecule has 0 aliphatic carbocycles. The highest BCUT2D eigenvalue weighted by Gasteiger charge is 2.35. The van der Waals surface area contributed by atoms with Gasteiger partial charge in [0.1, 0.15) is 0 Å². The Kier molecular flexibility index (Phi) is 6.62. The third-order valence-corrected chi connectivity index (χ3v) is 4.95. The summed E-state index contributed by atoms with van der Waals surface area (Å²) in [5.74, 6) is 0.588. The van der Waals surface area contributed by atoms with E-state index in [2.05, 4.69) is 23.6 Å². The Morgan fingerprint density at radius 2 is 1.73 bits per heavy atom. The maximum Gasteiger partial charge on any atom is 0.240 e. The second-order valence-electron chi connectivity index (χ2n) is 6.95. The highest BCUT2D eigenvalue weighted by molar-refractivity contribution is 5.82. The van der Waals surface area contributed by atoms with E-state index in [0.717, 1.165) is 58.7 Å². The molecule has 2 heterocycles. The van der Waals surface area contributed by atoms with Crippen molar-refractivity contribution < 1.29 is 9.90 Å². The maximum atomic E-state index is 12.9. The van der Waals surface area contributed by atoms with E-state index in [9.17, 15) is 4.79 Å². The van der Waals surface area contributed by atoms with Crippen molar-refractivity contribution in [3.05, 3.63) is 0 Å². The van der Waals surface area contributed by atoms with Gasteiger partial charge in [-0.15, -0.1) is 0 Å². The Morgan fingerprint density at radius 3 is 2.23 bits per heavy atom. The van der Waals surface area contributed by atoms with Crippen LogP contribution in [0.25, 0.3) is 0 Å². The van der Waals surface area contributed by atoms with E-state index in [1.807, 2.05) is 4.90 Å². The van der Waals surface area contributed by atoms with Crippen LogP contribution in [-0.4, -0.2) is 90.2 Å². The van der Waals surface area contributed by atoms with Crippen molar-refractivity contribution in [2.45, 2.75) is 38.8 Å². The van der Waals surface area contributed by atoms with Crippen LogP contribution < -0.4 is 5.73 Å². The summed E-state index contributed by atoms with van der Waals surface area (Å²) in [5.41, 5.74) is 5.95. The van der Waals surface area contributed by atoms with Gasteiger partial charge in [-0.25, -0.2) is 0 Å². The molecule has 0 aromatic heterocycles. The van der Waals surface area contributed by atoms with Gasteiger partial charge < -0.3 is 15.7 Å². The number of amides is 1. The molecule has 1 atom stereocenters. The summed E-state index contributed by atoms with van der Waals surface area (Å²) >= 11 is 0. The topological polar surface area (TPSA) is 73.0 Å². The molecule has 0 saturated carbocycles. The molecule has 0 bridgehead atoms. The first-order chi connectivity index (χ1) is 10.5. The van der Waals surface area contributed by atoms with Crippen molar-refractivity contribution in [3.8, 4) is 0 Å². The fraction of sp³-hybridized carbons (Fsp3) is 0.938. The third-order valence-electron chi connectivity index (χ3n) is 4.95. The Hall–Kier alpha value is -0.690. The van der Waals surface area contributed by atoms with E-state index in [1.54, 1.807) is 0 Å². The molecule has 0 radical (unpaired) electrons. The Labute approximate surface area is 134 Å². The van der Waals surface area contributed by atoms with Gasteiger partial charge in [0.25, 0.3) is 0 Å². The summed E-state index contributed by atoms with van der Waals surface area (Å²) in [5, 5.41) is 9.04. The molecule has 2 aliphatic rings. The van der Waals surface area contributed by atoms with E-state index in [4.69, 9.17) is 10.8 Å².